The largest absolute Gasteiger partial charge is 0.497 e. The minimum Gasteiger partial charge on any atom is -0.497 e. The van der Waals surface area contributed by atoms with Crippen LogP contribution in [0.1, 0.15) is 18.1 Å². The van der Waals surface area contributed by atoms with E-state index in [1.165, 1.54) is 0 Å². The van der Waals surface area contributed by atoms with E-state index >= 15 is 0 Å². The van der Waals surface area contributed by atoms with Gasteiger partial charge in [0.1, 0.15) is 11.9 Å². The van der Waals surface area contributed by atoms with E-state index in [9.17, 15) is 5.11 Å². The van der Waals surface area contributed by atoms with Gasteiger partial charge >= 0.3 is 0 Å². The zero-order valence-electron chi connectivity index (χ0n) is 13.9. The fourth-order valence-corrected chi connectivity index (χ4v) is 2.55. The van der Waals surface area contributed by atoms with Crippen molar-refractivity contribution in [1.29, 1.82) is 0 Å². The van der Waals surface area contributed by atoms with Crippen molar-refractivity contribution in [2.24, 2.45) is 0 Å². The number of halogens is 1. The second-order valence-electron chi connectivity index (χ2n) is 5.54. The van der Waals surface area contributed by atoms with E-state index in [0.717, 1.165) is 21.3 Å². The first kappa shape index (κ1) is 18.9. The van der Waals surface area contributed by atoms with Crippen molar-refractivity contribution in [3.8, 4) is 5.75 Å². The number of aliphatic hydroxyl groups excluding tert-OH is 1. The summed E-state index contributed by atoms with van der Waals surface area (Å²) in [4.78, 5) is 0. The fraction of sp³-hybridized carbons (Fsp3) is 0.368. The molecule has 2 atom stereocenters. The van der Waals surface area contributed by atoms with Crippen molar-refractivity contribution in [2.45, 2.75) is 32.3 Å². The number of hydrogen-bond donors (Lipinski definition) is 1. The third-order valence-electron chi connectivity index (χ3n) is 3.66. The maximum atomic E-state index is 9.89. The fourth-order valence-electron chi connectivity index (χ4n) is 2.15. The average molecular weight is 395 g/mol. The smallest absolute Gasteiger partial charge is 0.118 e. The molecule has 0 spiro atoms. The third-order valence-corrected chi connectivity index (χ3v) is 4.43. The Morgan fingerprint density at radius 3 is 2.38 bits per heavy atom. The predicted octanol–water partition coefficient (Wildman–Crippen LogP) is 3.94. The van der Waals surface area contributed by atoms with Crippen molar-refractivity contribution in [3.63, 3.8) is 0 Å². The van der Waals surface area contributed by atoms with E-state index in [0.29, 0.717) is 19.8 Å². The number of benzene rings is 2. The molecule has 0 aromatic heterocycles. The lowest BCUT2D eigenvalue weighted by atomic mass is 10.2. The highest BCUT2D eigenvalue weighted by Gasteiger charge is 2.16. The van der Waals surface area contributed by atoms with E-state index in [-0.39, 0.29) is 6.10 Å². The molecule has 0 radical (unpaired) electrons. The van der Waals surface area contributed by atoms with Crippen LogP contribution in [0.3, 0.4) is 0 Å². The summed E-state index contributed by atoms with van der Waals surface area (Å²) >= 11 is 3.49. The van der Waals surface area contributed by atoms with Gasteiger partial charge in [-0.15, -0.1) is 0 Å². The Balaban J connectivity index is 1.81. The maximum absolute atomic E-state index is 9.89. The topological polar surface area (TPSA) is 47.9 Å². The lowest BCUT2D eigenvalue weighted by Crippen LogP contribution is -2.31. The summed E-state index contributed by atoms with van der Waals surface area (Å²) in [7, 11) is 1.64. The second-order valence-corrected chi connectivity index (χ2v) is 6.40. The Bertz CT molecular complexity index is 613. The molecule has 0 aliphatic heterocycles. The van der Waals surface area contributed by atoms with Crippen molar-refractivity contribution >= 4 is 15.9 Å². The Hall–Kier alpha value is -1.40. The molecule has 0 fully saturated rings. The Kier molecular flexibility index (Phi) is 7.72. The summed E-state index contributed by atoms with van der Waals surface area (Å²) in [6.45, 7) is 2.92. The summed E-state index contributed by atoms with van der Waals surface area (Å²) < 4.78 is 17.6. The van der Waals surface area contributed by atoms with Crippen molar-refractivity contribution in [3.05, 3.63) is 64.1 Å². The van der Waals surface area contributed by atoms with E-state index < -0.39 is 6.10 Å². The van der Waals surface area contributed by atoms with Crippen LogP contribution in [-0.4, -0.2) is 31.0 Å². The van der Waals surface area contributed by atoms with E-state index in [1.807, 2.05) is 48.5 Å². The van der Waals surface area contributed by atoms with Crippen LogP contribution in [0.5, 0.6) is 5.75 Å². The molecule has 0 aliphatic carbocycles. The van der Waals surface area contributed by atoms with Crippen LogP contribution in [0, 0.1) is 0 Å². The summed E-state index contributed by atoms with van der Waals surface area (Å²) in [5.74, 6) is 0.817. The number of rotatable bonds is 9. The molecule has 1 N–H and O–H groups in total. The van der Waals surface area contributed by atoms with Crippen molar-refractivity contribution in [2.75, 3.05) is 13.7 Å². The molecule has 4 nitrogen and oxygen atoms in total. The van der Waals surface area contributed by atoms with Gasteiger partial charge in [0.25, 0.3) is 0 Å². The van der Waals surface area contributed by atoms with Crippen LogP contribution in [0.25, 0.3) is 0 Å². The van der Waals surface area contributed by atoms with Crippen LogP contribution < -0.4 is 4.74 Å². The van der Waals surface area contributed by atoms with Gasteiger partial charge in [-0.3, -0.25) is 0 Å². The molecule has 0 unspecified atom stereocenters. The molecule has 0 amide bonds. The molecular formula is C19H23BrO4. The first-order valence-electron chi connectivity index (χ1n) is 7.84. The lowest BCUT2D eigenvalue weighted by Gasteiger charge is -2.21. The summed E-state index contributed by atoms with van der Waals surface area (Å²) in [5.41, 5.74) is 2.09. The minimum atomic E-state index is -0.608. The molecule has 130 valence electrons. The van der Waals surface area contributed by atoms with Crippen molar-refractivity contribution in [1.82, 2.24) is 0 Å². The standard InChI is InChI=1S/C19H23BrO4/c1-14(21)19(24-12-16-5-3-4-6-18(16)20)13-23-11-15-7-9-17(22-2)10-8-15/h3-10,14,19,21H,11-13H2,1-2H3/t14-,19+/m1/s1. The first-order chi connectivity index (χ1) is 11.6. The minimum absolute atomic E-state index is 0.328. The zero-order chi connectivity index (χ0) is 17.4. The molecule has 2 rings (SSSR count). The molecule has 0 heterocycles. The van der Waals surface area contributed by atoms with Crippen molar-refractivity contribution < 1.29 is 19.3 Å². The monoisotopic (exact) mass is 394 g/mol. The Labute approximate surface area is 151 Å². The number of ether oxygens (including phenoxy) is 3. The highest BCUT2D eigenvalue weighted by Crippen LogP contribution is 2.18. The molecule has 0 bridgehead atoms. The Morgan fingerprint density at radius 2 is 1.75 bits per heavy atom. The molecule has 2 aromatic carbocycles. The quantitative estimate of drug-likeness (QED) is 0.699. The highest BCUT2D eigenvalue weighted by molar-refractivity contribution is 9.10. The molecule has 0 aliphatic rings. The van der Waals surface area contributed by atoms with E-state index in [1.54, 1.807) is 14.0 Å². The van der Waals surface area contributed by atoms with Gasteiger partial charge < -0.3 is 19.3 Å². The van der Waals surface area contributed by atoms with Gasteiger partial charge in [-0.05, 0) is 36.2 Å². The van der Waals surface area contributed by atoms with Crippen LogP contribution in [0.4, 0.5) is 0 Å². The SMILES string of the molecule is COc1ccc(COC[C@H](OCc2ccccc2Br)[C@@H](C)O)cc1. The highest BCUT2D eigenvalue weighted by atomic mass is 79.9. The third kappa shape index (κ3) is 5.91. The van der Waals surface area contributed by atoms with Gasteiger partial charge in [-0.1, -0.05) is 46.3 Å². The van der Waals surface area contributed by atoms with Gasteiger partial charge in [-0.25, -0.2) is 0 Å². The molecule has 0 saturated carbocycles. The molecule has 2 aromatic rings. The first-order valence-corrected chi connectivity index (χ1v) is 8.63. The summed E-state index contributed by atoms with van der Waals surface area (Å²) in [6.07, 6.45) is -0.987. The van der Waals surface area contributed by atoms with Gasteiger partial charge in [0.05, 0.1) is 33.0 Å². The number of hydrogen-bond acceptors (Lipinski definition) is 4. The normalized spacial score (nSPS) is 13.5. The predicted molar refractivity (Wildman–Crippen MR) is 97.0 cm³/mol. The van der Waals surface area contributed by atoms with Crippen LogP contribution in [-0.2, 0) is 22.7 Å². The van der Waals surface area contributed by atoms with Gasteiger partial charge in [0, 0.05) is 4.47 Å². The molecule has 0 saturated heterocycles. The lowest BCUT2D eigenvalue weighted by molar-refractivity contribution is -0.0834. The molecule has 24 heavy (non-hydrogen) atoms. The summed E-state index contributed by atoms with van der Waals surface area (Å²) in [6, 6.07) is 15.6. The maximum Gasteiger partial charge on any atom is 0.118 e. The molecular weight excluding hydrogens is 372 g/mol. The van der Waals surface area contributed by atoms with Crippen LogP contribution >= 0.6 is 15.9 Å². The van der Waals surface area contributed by atoms with Gasteiger partial charge in [0.15, 0.2) is 0 Å². The Morgan fingerprint density at radius 1 is 1.04 bits per heavy atom. The number of methoxy groups -OCH3 is 1. The molecule has 5 heteroatoms. The average Bonchev–Trinajstić information content (AvgIpc) is 2.59. The van der Waals surface area contributed by atoms with E-state index in [4.69, 9.17) is 14.2 Å². The number of aliphatic hydroxyl groups is 1. The second kappa shape index (κ2) is 9.79. The van der Waals surface area contributed by atoms with Gasteiger partial charge in [-0.2, -0.15) is 0 Å². The van der Waals surface area contributed by atoms with Crippen LogP contribution in [0.2, 0.25) is 0 Å². The van der Waals surface area contributed by atoms with E-state index in [2.05, 4.69) is 15.9 Å². The van der Waals surface area contributed by atoms with Gasteiger partial charge in [0.2, 0.25) is 0 Å². The zero-order valence-corrected chi connectivity index (χ0v) is 15.5. The van der Waals surface area contributed by atoms with Crippen LogP contribution in [0.15, 0.2) is 53.0 Å². The summed E-state index contributed by atoms with van der Waals surface area (Å²) in [5, 5.41) is 9.89.